The molecule has 6 heteroatoms. The third kappa shape index (κ3) is 6.14. The van der Waals surface area contributed by atoms with Gasteiger partial charge in [-0.2, -0.15) is 0 Å². The number of hydrogen-bond donors (Lipinski definition) is 2. The lowest BCUT2D eigenvalue weighted by molar-refractivity contribution is 0.0933. The van der Waals surface area contributed by atoms with E-state index in [1.807, 2.05) is 60.7 Å². The highest BCUT2D eigenvalue weighted by Crippen LogP contribution is 2.30. The Morgan fingerprint density at radius 1 is 0.800 bits per heavy atom. The second-order valence-corrected chi connectivity index (χ2v) is 9.62. The summed E-state index contributed by atoms with van der Waals surface area (Å²) in [6, 6.07) is 19.7. The molecule has 3 aromatic rings. The van der Waals surface area contributed by atoms with Crippen LogP contribution in [-0.2, 0) is 6.54 Å². The van der Waals surface area contributed by atoms with Crippen LogP contribution in [0.4, 0.5) is 0 Å². The minimum absolute atomic E-state index is 0.0468. The van der Waals surface area contributed by atoms with E-state index in [4.69, 9.17) is 0 Å². The molecule has 5 rings (SSSR count). The summed E-state index contributed by atoms with van der Waals surface area (Å²) in [7, 11) is 0. The van der Waals surface area contributed by atoms with E-state index in [0.29, 0.717) is 23.6 Å². The van der Waals surface area contributed by atoms with Gasteiger partial charge in [-0.1, -0.05) is 24.3 Å². The number of pyridine rings is 1. The van der Waals surface area contributed by atoms with Crippen molar-refractivity contribution in [1.29, 1.82) is 0 Å². The number of aromatic nitrogens is 1. The molecule has 0 bridgehead atoms. The summed E-state index contributed by atoms with van der Waals surface area (Å²) >= 11 is 0. The van der Waals surface area contributed by atoms with E-state index >= 15 is 0 Å². The molecular formula is C29H32N4O2. The lowest BCUT2D eigenvalue weighted by atomic mass is 9.96. The van der Waals surface area contributed by atoms with Gasteiger partial charge in [-0.25, -0.2) is 0 Å². The lowest BCUT2D eigenvalue weighted by Gasteiger charge is -2.32. The summed E-state index contributed by atoms with van der Waals surface area (Å²) in [5.41, 5.74) is 4.23. The van der Waals surface area contributed by atoms with Gasteiger partial charge in [0.15, 0.2) is 0 Å². The van der Waals surface area contributed by atoms with Crippen molar-refractivity contribution in [2.24, 2.45) is 5.92 Å². The normalized spacial score (nSPS) is 16.6. The SMILES string of the molecule is O=C(NCc1cccc(C(=O)NCC2CCN(C3CC3)CC2)c1)c1ccc(-c2ccncc2)cc1. The molecule has 180 valence electrons. The summed E-state index contributed by atoms with van der Waals surface area (Å²) in [4.78, 5) is 32.0. The third-order valence-electron chi connectivity index (χ3n) is 7.07. The van der Waals surface area contributed by atoms with Gasteiger partial charge < -0.3 is 15.5 Å². The van der Waals surface area contributed by atoms with Crippen LogP contribution in [0.5, 0.6) is 0 Å². The van der Waals surface area contributed by atoms with Crippen molar-refractivity contribution in [3.05, 3.63) is 89.7 Å². The second-order valence-electron chi connectivity index (χ2n) is 9.62. The standard InChI is InChI=1S/C29H32N4O2/c34-28(25-6-4-23(5-7-25)24-10-14-30-15-11-24)32-20-22-2-1-3-26(18-22)29(35)31-19-21-12-16-33(17-13-21)27-8-9-27/h1-7,10-11,14-15,18,21,27H,8-9,12-13,16-17,19-20H2,(H,31,35)(H,32,34). The minimum Gasteiger partial charge on any atom is -0.352 e. The van der Waals surface area contributed by atoms with E-state index in [0.717, 1.165) is 55.2 Å². The maximum absolute atomic E-state index is 12.7. The van der Waals surface area contributed by atoms with Gasteiger partial charge in [0.2, 0.25) is 0 Å². The fraction of sp³-hybridized carbons (Fsp3) is 0.345. The number of nitrogens with zero attached hydrogens (tertiary/aromatic N) is 2. The molecule has 2 heterocycles. The van der Waals surface area contributed by atoms with Gasteiger partial charge in [-0.15, -0.1) is 0 Å². The van der Waals surface area contributed by atoms with Crippen molar-refractivity contribution < 1.29 is 9.59 Å². The van der Waals surface area contributed by atoms with Crippen molar-refractivity contribution in [3.63, 3.8) is 0 Å². The van der Waals surface area contributed by atoms with E-state index < -0.39 is 0 Å². The zero-order valence-corrected chi connectivity index (χ0v) is 20.0. The fourth-order valence-electron chi connectivity index (χ4n) is 4.77. The predicted molar refractivity (Wildman–Crippen MR) is 137 cm³/mol. The Kier molecular flexibility index (Phi) is 7.19. The lowest BCUT2D eigenvalue weighted by Crippen LogP contribution is -2.39. The van der Waals surface area contributed by atoms with Crippen LogP contribution in [-0.4, -0.2) is 47.4 Å². The van der Waals surface area contributed by atoms with Crippen LogP contribution in [0, 0.1) is 5.92 Å². The Hall–Kier alpha value is -3.51. The molecule has 35 heavy (non-hydrogen) atoms. The summed E-state index contributed by atoms with van der Waals surface area (Å²) in [6.07, 6.45) is 8.54. The topological polar surface area (TPSA) is 74.3 Å². The van der Waals surface area contributed by atoms with E-state index in [1.54, 1.807) is 12.4 Å². The van der Waals surface area contributed by atoms with Crippen molar-refractivity contribution >= 4 is 11.8 Å². The summed E-state index contributed by atoms with van der Waals surface area (Å²) < 4.78 is 0. The number of carbonyl (C=O) groups excluding carboxylic acids is 2. The molecule has 0 spiro atoms. The largest absolute Gasteiger partial charge is 0.352 e. The van der Waals surface area contributed by atoms with Crippen molar-refractivity contribution in [2.45, 2.75) is 38.3 Å². The average molecular weight is 469 g/mol. The average Bonchev–Trinajstić information content (AvgIpc) is 3.77. The zero-order chi connectivity index (χ0) is 24.0. The van der Waals surface area contributed by atoms with Crippen LogP contribution < -0.4 is 10.6 Å². The van der Waals surface area contributed by atoms with Crippen molar-refractivity contribution in [3.8, 4) is 11.1 Å². The minimum atomic E-state index is -0.140. The number of hydrogen-bond acceptors (Lipinski definition) is 4. The number of nitrogens with one attached hydrogen (secondary N) is 2. The number of rotatable bonds is 8. The highest BCUT2D eigenvalue weighted by atomic mass is 16.2. The van der Waals surface area contributed by atoms with E-state index in [1.165, 1.54) is 12.8 Å². The summed E-state index contributed by atoms with van der Waals surface area (Å²) in [5.74, 6) is 0.370. The van der Waals surface area contributed by atoms with Crippen LogP contribution in [0.3, 0.4) is 0 Å². The molecule has 1 aliphatic carbocycles. The Bertz CT molecular complexity index is 1150. The first-order valence-corrected chi connectivity index (χ1v) is 12.6. The van der Waals surface area contributed by atoms with Crippen molar-refractivity contribution in [2.75, 3.05) is 19.6 Å². The summed E-state index contributed by atoms with van der Waals surface area (Å²) in [6.45, 7) is 3.42. The first-order valence-electron chi connectivity index (χ1n) is 12.6. The maximum Gasteiger partial charge on any atom is 0.251 e. The van der Waals surface area contributed by atoms with Gasteiger partial charge >= 0.3 is 0 Å². The van der Waals surface area contributed by atoms with Gasteiger partial charge in [-0.05, 0) is 97.8 Å². The molecule has 6 nitrogen and oxygen atoms in total. The van der Waals surface area contributed by atoms with Gasteiger partial charge in [0, 0.05) is 42.7 Å². The Balaban J connectivity index is 1.10. The molecule has 0 atom stereocenters. The second kappa shape index (κ2) is 10.8. The van der Waals surface area contributed by atoms with Gasteiger partial charge in [0.05, 0.1) is 0 Å². The van der Waals surface area contributed by atoms with Crippen LogP contribution in [0.2, 0.25) is 0 Å². The fourth-order valence-corrected chi connectivity index (χ4v) is 4.77. The van der Waals surface area contributed by atoms with E-state index in [9.17, 15) is 9.59 Å². The molecule has 2 aliphatic rings. The number of likely N-dealkylation sites (tertiary alicyclic amines) is 1. The molecule has 2 N–H and O–H groups in total. The number of carbonyl (C=O) groups is 2. The zero-order valence-electron chi connectivity index (χ0n) is 20.0. The van der Waals surface area contributed by atoms with Crippen LogP contribution in [0.15, 0.2) is 73.1 Å². The van der Waals surface area contributed by atoms with Crippen LogP contribution in [0.25, 0.3) is 11.1 Å². The van der Waals surface area contributed by atoms with E-state index in [-0.39, 0.29) is 11.8 Å². The molecule has 1 saturated heterocycles. The molecule has 2 amide bonds. The molecule has 1 aliphatic heterocycles. The molecule has 2 aromatic carbocycles. The molecule has 0 unspecified atom stereocenters. The molecular weight excluding hydrogens is 436 g/mol. The molecule has 1 aromatic heterocycles. The number of piperidine rings is 1. The van der Waals surface area contributed by atoms with Crippen LogP contribution in [0.1, 0.15) is 52.0 Å². The summed E-state index contributed by atoms with van der Waals surface area (Å²) in [5, 5.41) is 6.07. The highest BCUT2D eigenvalue weighted by molar-refractivity contribution is 5.95. The van der Waals surface area contributed by atoms with Crippen molar-refractivity contribution in [1.82, 2.24) is 20.5 Å². The third-order valence-corrected chi connectivity index (χ3v) is 7.07. The first-order chi connectivity index (χ1) is 17.2. The van der Waals surface area contributed by atoms with Gasteiger partial charge in [0.1, 0.15) is 0 Å². The first kappa shape index (κ1) is 23.2. The molecule has 1 saturated carbocycles. The molecule has 2 fully saturated rings. The Morgan fingerprint density at radius 3 is 2.20 bits per heavy atom. The number of amides is 2. The monoisotopic (exact) mass is 468 g/mol. The molecule has 0 radical (unpaired) electrons. The predicted octanol–water partition coefficient (Wildman–Crippen LogP) is 4.28. The van der Waals surface area contributed by atoms with Gasteiger partial charge in [0.25, 0.3) is 11.8 Å². The Labute approximate surface area is 206 Å². The van der Waals surface area contributed by atoms with E-state index in [2.05, 4.69) is 20.5 Å². The quantitative estimate of drug-likeness (QED) is 0.517. The smallest absolute Gasteiger partial charge is 0.251 e. The number of benzene rings is 2. The Morgan fingerprint density at radius 2 is 1.49 bits per heavy atom. The maximum atomic E-state index is 12.7. The van der Waals surface area contributed by atoms with Crippen LogP contribution >= 0.6 is 0 Å². The highest BCUT2D eigenvalue weighted by Gasteiger charge is 2.31. The van der Waals surface area contributed by atoms with Gasteiger partial charge in [-0.3, -0.25) is 14.6 Å².